The highest BCUT2D eigenvalue weighted by atomic mass is 79.9. The van der Waals surface area contributed by atoms with Crippen molar-refractivity contribution in [3.8, 4) is 11.5 Å². The summed E-state index contributed by atoms with van der Waals surface area (Å²) in [6.45, 7) is 1.84. The minimum atomic E-state index is -1.05. The summed E-state index contributed by atoms with van der Waals surface area (Å²) in [5.74, 6) is -1.90. The van der Waals surface area contributed by atoms with Crippen molar-refractivity contribution in [3.05, 3.63) is 57.0 Å². The van der Waals surface area contributed by atoms with Crippen molar-refractivity contribution in [3.63, 3.8) is 0 Å². The molecule has 0 aromatic heterocycles. The molecule has 0 bridgehead atoms. The highest BCUT2D eigenvalue weighted by Crippen LogP contribution is 2.33. The van der Waals surface area contributed by atoms with Crippen LogP contribution in [0, 0.1) is 11.6 Å². The van der Waals surface area contributed by atoms with Gasteiger partial charge in [0.05, 0.1) is 0 Å². The van der Waals surface area contributed by atoms with Gasteiger partial charge in [0.15, 0.2) is 11.6 Å². The molecule has 0 saturated heterocycles. The van der Waals surface area contributed by atoms with Crippen molar-refractivity contribution in [2.24, 2.45) is 5.73 Å². The highest BCUT2D eigenvalue weighted by Gasteiger charge is 2.15. The van der Waals surface area contributed by atoms with Crippen molar-refractivity contribution in [2.45, 2.75) is 19.4 Å². The lowest BCUT2D eigenvalue weighted by Gasteiger charge is -2.14. The SMILES string of the molecule is CC(N)Cc1ccc(Cl)cc1Oc1cc(Br)cc(F)c1F. The number of nitrogens with two attached hydrogens (primary N) is 1. The Balaban J connectivity index is 2.41. The monoisotopic (exact) mass is 375 g/mol. The topological polar surface area (TPSA) is 35.2 Å². The van der Waals surface area contributed by atoms with Crippen LogP contribution < -0.4 is 10.5 Å². The van der Waals surface area contributed by atoms with Crippen LogP contribution in [0.2, 0.25) is 5.02 Å². The maximum Gasteiger partial charge on any atom is 0.201 e. The number of ether oxygens (including phenoxy) is 1. The van der Waals surface area contributed by atoms with Crippen LogP contribution in [-0.2, 0) is 6.42 Å². The lowest BCUT2D eigenvalue weighted by Crippen LogP contribution is -2.18. The van der Waals surface area contributed by atoms with Crippen LogP contribution in [0.25, 0.3) is 0 Å². The molecule has 2 aromatic rings. The summed E-state index contributed by atoms with van der Waals surface area (Å²) in [5, 5.41) is 0.439. The molecule has 0 radical (unpaired) electrons. The van der Waals surface area contributed by atoms with E-state index in [4.69, 9.17) is 22.1 Å². The lowest BCUT2D eigenvalue weighted by atomic mass is 10.1. The van der Waals surface area contributed by atoms with E-state index in [9.17, 15) is 8.78 Å². The summed E-state index contributed by atoms with van der Waals surface area (Å²) < 4.78 is 33.1. The van der Waals surface area contributed by atoms with Crippen molar-refractivity contribution in [1.82, 2.24) is 0 Å². The predicted octanol–water partition coefficient (Wildman–Crippen LogP) is 5.06. The number of hydrogen-bond acceptors (Lipinski definition) is 2. The third kappa shape index (κ3) is 4.15. The molecule has 0 heterocycles. The van der Waals surface area contributed by atoms with Crippen LogP contribution in [0.15, 0.2) is 34.8 Å². The molecule has 1 unspecified atom stereocenters. The Morgan fingerprint density at radius 3 is 2.62 bits per heavy atom. The number of halogens is 4. The average Bonchev–Trinajstić information content (AvgIpc) is 2.38. The Kier molecular flexibility index (Phi) is 5.19. The summed E-state index contributed by atoms with van der Waals surface area (Å²) in [6, 6.07) is 7.30. The largest absolute Gasteiger partial charge is 0.454 e. The molecule has 0 spiro atoms. The molecule has 0 saturated carbocycles. The van der Waals surface area contributed by atoms with E-state index in [1.165, 1.54) is 6.07 Å². The summed E-state index contributed by atoms with van der Waals surface area (Å²) >= 11 is 9.03. The number of hydrogen-bond donors (Lipinski definition) is 1. The second-order valence-electron chi connectivity index (χ2n) is 4.74. The van der Waals surface area contributed by atoms with Gasteiger partial charge in [0.25, 0.3) is 0 Å². The van der Waals surface area contributed by atoms with Gasteiger partial charge in [-0.2, -0.15) is 4.39 Å². The fourth-order valence-corrected chi connectivity index (χ4v) is 2.44. The third-order valence-electron chi connectivity index (χ3n) is 2.75. The molecular weight excluding hydrogens is 364 g/mol. The maximum absolute atomic E-state index is 13.8. The Morgan fingerprint density at radius 2 is 1.95 bits per heavy atom. The van der Waals surface area contributed by atoms with E-state index < -0.39 is 11.6 Å². The van der Waals surface area contributed by atoms with Crippen LogP contribution in [0.4, 0.5) is 8.78 Å². The van der Waals surface area contributed by atoms with Gasteiger partial charge in [-0.1, -0.05) is 33.6 Å². The fraction of sp³-hybridized carbons (Fsp3) is 0.200. The van der Waals surface area contributed by atoms with Gasteiger partial charge >= 0.3 is 0 Å². The molecule has 6 heteroatoms. The first-order valence-electron chi connectivity index (χ1n) is 6.23. The first-order chi connectivity index (χ1) is 9.86. The molecular formula is C15H13BrClF2NO. The Morgan fingerprint density at radius 1 is 1.24 bits per heavy atom. The normalized spacial score (nSPS) is 12.3. The van der Waals surface area contributed by atoms with E-state index in [1.54, 1.807) is 18.2 Å². The van der Waals surface area contributed by atoms with Gasteiger partial charge in [-0.3, -0.25) is 0 Å². The molecule has 112 valence electrons. The second-order valence-corrected chi connectivity index (χ2v) is 6.09. The van der Waals surface area contributed by atoms with Gasteiger partial charge < -0.3 is 10.5 Å². The van der Waals surface area contributed by atoms with Crippen LogP contribution in [0.5, 0.6) is 11.5 Å². The van der Waals surface area contributed by atoms with E-state index in [-0.39, 0.29) is 11.8 Å². The highest BCUT2D eigenvalue weighted by molar-refractivity contribution is 9.10. The molecule has 2 N–H and O–H groups in total. The van der Waals surface area contributed by atoms with Gasteiger partial charge in [-0.25, -0.2) is 4.39 Å². The van der Waals surface area contributed by atoms with Gasteiger partial charge in [0, 0.05) is 15.5 Å². The van der Waals surface area contributed by atoms with E-state index in [1.807, 2.05) is 6.92 Å². The number of rotatable bonds is 4. The van der Waals surface area contributed by atoms with Crippen LogP contribution in [-0.4, -0.2) is 6.04 Å². The van der Waals surface area contributed by atoms with Crippen molar-refractivity contribution in [2.75, 3.05) is 0 Å². The van der Waals surface area contributed by atoms with Crippen molar-refractivity contribution < 1.29 is 13.5 Å². The molecule has 0 aliphatic heterocycles. The van der Waals surface area contributed by atoms with Gasteiger partial charge in [-0.15, -0.1) is 0 Å². The maximum atomic E-state index is 13.8. The second kappa shape index (κ2) is 6.73. The summed E-state index contributed by atoms with van der Waals surface area (Å²) in [6.07, 6.45) is 0.532. The molecule has 1 atom stereocenters. The van der Waals surface area contributed by atoms with Crippen LogP contribution in [0.1, 0.15) is 12.5 Å². The molecule has 2 rings (SSSR count). The minimum Gasteiger partial charge on any atom is -0.454 e. The molecule has 0 aliphatic carbocycles. The minimum absolute atomic E-state index is 0.0994. The molecule has 0 aliphatic rings. The molecule has 0 amide bonds. The van der Waals surface area contributed by atoms with Crippen molar-refractivity contribution in [1.29, 1.82) is 0 Å². The lowest BCUT2D eigenvalue weighted by molar-refractivity contribution is 0.411. The molecule has 2 aromatic carbocycles. The quantitative estimate of drug-likeness (QED) is 0.757. The average molecular weight is 377 g/mol. The Bertz CT molecular complexity index is 664. The first-order valence-corrected chi connectivity index (χ1v) is 7.40. The van der Waals surface area contributed by atoms with E-state index in [0.29, 0.717) is 21.7 Å². The predicted molar refractivity (Wildman–Crippen MR) is 82.9 cm³/mol. The zero-order valence-corrected chi connectivity index (χ0v) is 13.5. The number of benzene rings is 2. The Labute approximate surface area is 135 Å². The zero-order chi connectivity index (χ0) is 15.6. The van der Waals surface area contributed by atoms with E-state index >= 15 is 0 Å². The molecule has 2 nitrogen and oxygen atoms in total. The summed E-state index contributed by atoms with van der Waals surface area (Å²) in [5.41, 5.74) is 6.55. The third-order valence-corrected chi connectivity index (χ3v) is 3.44. The van der Waals surface area contributed by atoms with Gasteiger partial charge in [0.1, 0.15) is 5.75 Å². The molecule has 0 fully saturated rings. The van der Waals surface area contributed by atoms with Gasteiger partial charge in [-0.05, 0) is 43.2 Å². The first kappa shape index (κ1) is 16.2. The fourth-order valence-electron chi connectivity index (χ4n) is 1.86. The molecule has 21 heavy (non-hydrogen) atoms. The van der Waals surface area contributed by atoms with E-state index in [0.717, 1.165) is 11.6 Å². The Hall–Kier alpha value is -1.17. The standard InChI is InChI=1S/C15H13BrClF2NO/c1-8(20)4-9-2-3-11(17)7-13(9)21-14-6-10(16)5-12(18)15(14)19/h2-3,5-8H,4,20H2,1H3. The van der Waals surface area contributed by atoms with Crippen LogP contribution >= 0.6 is 27.5 Å². The van der Waals surface area contributed by atoms with Crippen molar-refractivity contribution >= 4 is 27.5 Å². The summed E-state index contributed by atoms with van der Waals surface area (Å²) in [7, 11) is 0. The summed E-state index contributed by atoms with van der Waals surface area (Å²) in [4.78, 5) is 0. The van der Waals surface area contributed by atoms with Gasteiger partial charge in [0.2, 0.25) is 5.82 Å². The van der Waals surface area contributed by atoms with E-state index in [2.05, 4.69) is 15.9 Å². The zero-order valence-electron chi connectivity index (χ0n) is 11.2. The smallest absolute Gasteiger partial charge is 0.201 e. The van der Waals surface area contributed by atoms with Crippen LogP contribution in [0.3, 0.4) is 0 Å².